The van der Waals surface area contributed by atoms with Gasteiger partial charge < -0.3 is 15.8 Å². The van der Waals surface area contributed by atoms with Crippen molar-refractivity contribution in [1.82, 2.24) is 10.3 Å². The summed E-state index contributed by atoms with van der Waals surface area (Å²) < 4.78 is 5.63. The molecule has 0 aliphatic carbocycles. The third-order valence-electron chi connectivity index (χ3n) is 3.62. The zero-order chi connectivity index (χ0) is 12.9. The summed E-state index contributed by atoms with van der Waals surface area (Å²) in [5.74, 6) is 0. The lowest BCUT2D eigenvalue weighted by molar-refractivity contribution is -0.0268. The molecule has 0 amide bonds. The molecule has 1 aromatic rings. The van der Waals surface area contributed by atoms with Gasteiger partial charge in [0.05, 0.1) is 5.60 Å². The van der Waals surface area contributed by atoms with E-state index in [-0.39, 0.29) is 11.6 Å². The Labute approximate surface area is 104 Å². The van der Waals surface area contributed by atoms with Crippen LogP contribution in [0.4, 0.5) is 5.69 Å². The highest BCUT2D eigenvalue weighted by molar-refractivity contribution is 5.44. The highest BCUT2D eigenvalue weighted by atomic mass is 16.5. The van der Waals surface area contributed by atoms with Gasteiger partial charge in [0, 0.05) is 31.2 Å². The number of nitrogen functional groups attached to an aromatic ring is 1. The number of ether oxygens (including phenoxy) is 1. The van der Waals surface area contributed by atoms with Crippen molar-refractivity contribution in [2.75, 3.05) is 19.9 Å². The van der Waals surface area contributed by atoms with Crippen molar-refractivity contribution in [2.45, 2.75) is 38.3 Å². The summed E-state index contributed by atoms with van der Waals surface area (Å²) >= 11 is 0. The molecule has 0 fully saturated rings. The minimum Gasteiger partial charge on any atom is -0.398 e. The number of hydrogen-bond donors (Lipinski definition) is 2. The minimum atomic E-state index is -0.197. The molecular formula is C13H23N3O. The summed E-state index contributed by atoms with van der Waals surface area (Å²) in [5.41, 5.74) is 7.59. The lowest BCUT2D eigenvalue weighted by atomic mass is 9.88. The molecule has 0 spiro atoms. The van der Waals surface area contributed by atoms with Gasteiger partial charge in [-0.2, -0.15) is 0 Å². The van der Waals surface area contributed by atoms with Crippen LogP contribution in [0.5, 0.6) is 0 Å². The average Bonchev–Trinajstić information content (AvgIpc) is 2.37. The molecule has 0 aromatic carbocycles. The molecule has 3 N–H and O–H groups in total. The first kappa shape index (κ1) is 13.9. The zero-order valence-corrected chi connectivity index (χ0v) is 11.2. The van der Waals surface area contributed by atoms with Crippen LogP contribution in [0.1, 0.15) is 25.8 Å². The number of pyridine rings is 1. The number of nitrogens with zero attached hydrogens (tertiary/aromatic N) is 1. The van der Waals surface area contributed by atoms with Crippen LogP contribution >= 0.6 is 0 Å². The summed E-state index contributed by atoms with van der Waals surface area (Å²) in [6, 6.07) is 2.04. The molecule has 1 heterocycles. The quantitative estimate of drug-likeness (QED) is 0.789. The number of nitrogens with two attached hydrogens (primary N) is 1. The topological polar surface area (TPSA) is 60.2 Å². The van der Waals surface area contributed by atoms with Crippen LogP contribution in [0, 0.1) is 0 Å². The largest absolute Gasteiger partial charge is 0.398 e. The first-order valence-electron chi connectivity index (χ1n) is 5.98. The summed E-state index contributed by atoms with van der Waals surface area (Å²) in [6.07, 6.45) is 5.29. The van der Waals surface area contributed by atoms with Crippen LogP contribution < -0.4 is 11.1 Å². The molecule has 2 atom stereocenters. The zero-order valence-electron chi connectivity index (χ0n) is 11.2. The van der Waals surface area contributed by atoms with Crippen LogP contribution in [0.2, 0.25) is 0 Å². The molecule has 0 bridgehead atoms. The van der Waals surface area contributed by atoms with Gasteiger partial charge in [0.1, 0.15) is 0 Å². The molecule has 0 saturated heterocycles. The highest BCUT2D eigenvalue weighted by Gasteiger charge is 2.31. The van der Waals surface area contributed by atoms with E-state index in [1.807, 2.05) is 19.3 Å². The Morgan fingerprint density at radius 3 is 2.76 bits per heavy atom. The number of hydrogen-bond acceptors (Lipinski definition) is 4. The van der Waals surface area contributed by atoms with E-state index in [1.165, 1.54) is 0 Å². The maximum atomic E-state index is 5.94. The summed E-state index contributed by atoms with van der Waals surface area (Å²) in [6.45, 7) is 4.24. The van der Waals surface area contributed by atoms with E-state index in [2.05, 4.69) is 24.1 Å². The van der Waals surface area contributed by atoms with Crippen molar-refractivity contribution in [3.8, 4) is 0 Å². The van der Waals surface area contributed by atoms with Crippen molar-refractivity contribution in [1.29, 1.82) is 0 Å². The SMILES string of the molecule is CCC(C)(OC)C(Cc1cnccc1N)NC. The summed E-state index contributed by atoms with van der Waals surface area (Å²) in [7, 11) is 3.70. The van der Waals surface area contributed by atoms with E-state index in [9.17, 15) is 0 Å². The molecular weight excluding hydrogens is 214 g/mol. The number of methoxy groups -OCH3 is 1. The van der Waals surface area contributed by atoms with Gasteiger partial charge in [0.25, 0.3) is 0 Å². The van der Waals surface area contributed by atoms with Crippen molar-refractivity contribution >= 4 is 5.69 Å². The Morgan fingerprint density at radius 2 is 2.29 bits per heavy atom. The normalized spacial score (nSPS) is 16.5. The maximum Gasteiger partial charge on any atom is 0.0803 e. The van der Waals surface area contributed by atoms with E-state index in [4.69, 9.17) is 10.5 Å². The van der Waals surface area contributed by atoms with Crippen LogP contribution in [0.3, 0.4) is 0 Å². The van der Waals surface area contributed by atoms with Gasteiger partial charge in [0.2, 0.25) is 0 Å². The van der Waals surface area contributed by atoms with Gasteiger partial charge in [-0.15, -0.1) is 0 Å². The van der Waals surface area contributed by atoms with Gasteiger partial charge in [-0.05, 0) is 38.4 Å². The predicted molar refractivity (Wildman–Crippen MR) is 70.9 cm³/mol. The molecule has 1 rings (SSSR count). The third-order valence-corrected chi connectivity index (χ3v) is 3.62. The van der Waals surface area contributed by atoms with Gasteiger partial charge in [-0.25, -0.2) is 0 Å². The van der Waals surface area contributed by atoms with Gasteiger partial charge in [-0.1, -0.05) is 6.92 Å². The number of nitrogens with one attached hydrogen (secondary N) is 1. The Morgan fingerprint density at radius 1 is 1.59 bits per heavy atom. The minimum absolute atomic E-state index is 0.197. The molecule has 0 saturated carbocycles. The summed E-state index contributed by atoms with van der Waals surface area (Å²) in [4.78, 5) is 4.12. The third kappa shape index (κ3) is 3.17. The standard InChI is InChI=1S/C13H23N3O/c1-5-13(2,17-4)12(15-3)8-10-9-16-7-6-11(10)14/h6-7,9,12,15H,5,8H2,1-4H3,(H2,14,16). The number of likely N-dealkylation sites (N-methyl/N-ethyl adjacent to an activating group) is 1. The number of aromatic nitrogens is 1. The molecule has 96 valence electrons. The predicted octanol–water partition coefficient (Wildman–Crippen LogP) is 1.61. The molecule has 0 aliphatic heterocycles. The molecule has 0 aliphatic rings. The molecule has 4 heteroatoms. The Kier molecular flexibility index (Phi) is 4.90. The number of rotatable bonds is 6. The van der Waals surface area contributed by atoms with Crippen LogP contribution in [-0.2, 0) is 11.2 Å². The Hall–Kier alpha value is -1.13. The van der Waals surface area contributed by atoms with E-state index in [1.54, 1.807) is 13.3 Å². The molecule has 0 radical (unpaired) electrons. The van der Waals surface area contributed by atoms with Gasteiger partial charge >= 0.3 is 0 Å². The van der Waals surface area contributed by atoms with Crippen molar-refractivity contribution in [3.63, 3.8) is 0 Å². The van der Waals surface area contributed by atoms with E-state index in [0.717, 1.165) is 24.1 Å². The van der Waals surface area contributed by atoms with Crippen LogP contribution in [0.25, 0.3) is 0 Å². The Bertz CT molecular complexity index is 350. The maximum absolute atomic E-state index is 5.94. The lowest BCUT2D eigenvalue weighted by Gasteiger charge is -2.36. The molecule has 4 nitrogen and oxygen atoms in total. The first-order chi connectivity index (χ1) is 8.07. The molecule has 17 heavy (non-hydrogen) atoms. The van der Waals surface area contributed by atoms with E-state index >= 15 is 0 Å². The summed E-state index contributed by atoms with van der Waals surface area (Å²) in [5, 5.41) is 3.31. The Balaban J connectivity index is 2.87. The van der Waals surface area contributed by atoms with Crippen LogP contribution in [0.15, 0.2) is 18.5 Å². The number of anilines is 1. The second kappa shape index (κ2) is 5.98. The lowest BCUT2D eigenvalue weighted by Crippen LogP contribution is -2.49. The van der Waals surface area contributed by atoms with Gasteiger partial charge in [-0.3, -0.25) is 4.98 Å². The van der Waals surface area contributed by atoms with Crippen molar-refractivity contribution in [2.24, 2.45) is 0 Å². The average molecular weight is 237 g/mol. The van der Waals surface area contributed by atoms with Crippen LogP contribution in [-0.4, -0.2) is 30.8 Å². The fraction of sp³-hybridized carbons (Fsp3) is 0.615. The smallest absolute Gasteiger partial charge is 0.0803 e. The van der Waals surface area contributed by atoms with Crippen molar-refractivity contribution < 1.29 is 4.74 Å². The molecule has 1 aromatic heterocycles. The van der Waals surface area contributed by atoms with E-state index < -0.39 is 0 Å². The second-order valence-corrected chi connectivity index (χ2v) is 4.49. The van der Waals surface area contributed by atoms with E-state index in [0.29, 0.717) is 0 Å². The molecule has 2 unspecified atom stereocenters. The first-order valence-corrected chi connectivity index (χ1v) is 5.98. The fourth-order valence-electron chi connectivity index (χ4n) is 1.98. The highest BCUT2D eigenvalue weighted by Crippen LogP contribution is 2.23. The fourth-order valence-corrected chi connectivity index (χ4v) is 1.98. The van der Waals surface area contributed by atoms with Crippen molar-refractivity contribution in [3.05, 3.63) is 24.0 Å². The second-order valence-electron chi connectivity index (χ2n) is 4.49. The monoisotopic (exact) mass is 237 g/mol. The van der Waals surface area contributed by atoms with Gasteiger partial charge in [0.15, 0.2) is 0 Å².